The average Bonchev–Trinajstić information content (AvgIpc) is 2.67. The van der Waals surface area contributed by atoms with Gasteiger partial charge in [0.15, 0.2) is 0 Å². The maximum atomic E-state index is 8.83. The van der Waals surface area contributed by atoms with Crippen molar-refractivity contribution in [3.05, 3.63) is 21.9 Å². The van der Waals surface area contributed by atoms with Crippen molar-refractivity contribution < 1.29 is 4.74 Å². The molecule has 4 heteroatoms. The van der Waals surface area contributed by atoms with Gasteiger partial charge in [-0.3, -0.25) is 0 Å². The van der Waals surface area contributed by atoms with E-state index in [2.05, 4.69) is 6.07 Å². The van der Waals surface area contributed by atoms with Crippen LogP contribution in [-0.2, 0) is 0 Å². The molecule has 0 amide bonds. The van der Waals surface area contributed by atoms with Gasteiger partial charge in [-0.2, -0.15) is 5.26 Å². The molecule has 0 saturated carbocycles. The summed E-state index contributed by atoms with van der Waals surface area (Å²) in [6.45, 7) is 1.90. The van der Waals surface area contributed by atoms with Gasteiger partial charge in [-0.05, 0) is 17.9 Å². The first-order chi connectivity index (χ1) is 6.74. The zero-order chi connectivity index (χ0) is 10.6. The topological polar surface area (TPSA) is 33.0 Å². The van der Waals surface area contributed by atoms with Crippen LogP contribution in [0.5, 0.6) is 5.75 Å². The lowest BCUT2D eigenvalue weighted by Gasteiger charge is -2.02. The number of ether oxygens (including phenoxy) is 1. The number of allylic oxidation sites excluding steroid dienone is 1. The predicted octanol–water partition coefficient (Wildman–Crippen LogP) is 3.64. The molecule has 0 radical (unpaired) electrons. The van der Waals surface area contributed by atoms with Crippen molar-refractivity contribution in [1.29, 1.82) is 5.26 Å². The van der Waals surface area contributed by atoms with Crippen molar-refractivity contribution >= 4 is 28.0 Å². The third-order valence-corrected chi connectivity index (χ3v) is 3.24. The number of hydrogen-bond acceptors (Lipinski definition) is 3. The summed E-state index contributed by atoms with van der Waals surface area (Å²) in [7, 11) is 1.59. The van der Waals surface area contributed by atoms with E-state index in [1.54, 1.807) is 7.11 Å². The Kier molecular flexibility index (Phi) is 3.99. The average molecular weight is 228 g/mol. The molecule has 2 nitrogen and oxygen atoms in total. The van der Waals surface area contributed by atoms with Crippen LogP contribution in [0.3, 0.4) is 0 Å². The molecule has 1 aromatic heterocycles. The van der Waals surface area contributed by atoms with E-state index in [-0.39, 0.29) is 0 Å². The smallest absolute Gasteiger partial charge is 0.138 e. The van der Waals surface area contributed by atoms with Crippen LogP contribution in [0.4, 0.5) is 0 Å². The van der Waals surface area contributed by atoms with Crippen LogP contribution in [0, 0.1) is 11.3 Å². The first-order valence-corrected chi connectivity index (χ1v) is 5.41. The maximum Gasteiger partial charge on any atom is 0.138 e. The summed E-state index contributed by atoms with van der Waals surface area (Å²) in [5, 5.41) is 11.2. The number of nitriles is 1. The van der Waals surface area contributed by atoms with Gasteiger partial charge in [-0.1, -0.05) is 18.5 Å². The van der Waals surface area contributed by atoms with E-state index < -0.39 is 0 Å². The molecular weight excluding hydrogens is 218 g/mol. The van der Waals surface area contributed by atoms with Crippen LogP contribution >= 0.6 is 22.9 Å². The lowest BCUT2D eigenvalue weighted by molar-refractivity contribution is 0.416. The van der Waals surface area contributed by atoms with E-state index in [1.807, 2.05) is 18.4 Å². The Morgan fingerprint density at radius 1 is 1.71 bits per heavy atom. The SMILES string of the molecule is CC/C(C#N)=C(/Cl)c1sccc1OC. The zero-order valence-electron chi connectivity index (χ0n) is 8.00. The third-order valence-electron chi connectivity index (χ3n) is 1.80. The Bertz CT molecular complexity index is 389. The minimum Gasteiger partial charge on any atom is -0.495 e. The summed E-state index contributed by atoms with van der Waals surface area (Å²) in [5.74, 6) is 0.723. The van der Waals surface area contributed by atoms with Gasteiger partial charge >= 0.3 is 0 Å². The van der Waals surface area contributed by atoms with Gasteiger partial charge in [0.2, 0.25) is 0 Å². The lowest BCUT2D eigenvalue weighted by Crippen LogP contribution is -1.85. The fourth-order valence-electron chi connectivity index (χ4n) is 1.04. The van der Waals surface area contributed by atoms with E-state index >= 15 is 0 Å². The molecule has 0 saturated heterocycles. The quantitative estimate of drug-likeness (QED) is 0.739. The highest BCUT2D eigenvalue weighted by atomic mass is 35.5. The van der Waals surface area contributed by atoms with Crippen LogP contribution in [0.2, 0.25) is 0 Å². The second-order valence-corrected chi connectivity index (χ2v) is 3.87. The largest absolute Gasteiger partial charge is 0.495 e. The van der Waals surface area contributed by atoms with Crippen molar-refractivity contribution in [2.75, 3.05) is 7.11 Å². The minimum absolute atomic E-state index is 0.502. The van der Waals surface area contributed by atoms with Crippen LogP contribution in [0.25, 0.3) is 5.03 Å². The Balaban J connectivity index is 3.17. The van der Waals surface area contributed by atoms with Crippen LogP contribution in [0.1, 0.15) is 18.2 Å². The molecule has 14 heavy (non-hydrogen) atoms. The molecule has 0 spiro atoms. The zero-order valence-corrected chi connectivity index (χ0v) is 9.58. The van der Waals surface area contributed by atoms with E-state index in [9.17, 15) is 0 Å². The summed E-state index contributed by atoms with van der Waals surface area (Å²) < 4.78 is 5.13. The van der Waals surface area contributed by atoms with E-state index in [4.69, 9.17) is 21.6 Å². The van der Waals surface area contributed by atoms with Gasteiger partial charge in [-0.15, -0.1) is 11.3 Å². The Labute approximate surface area is 92.4 Å². The number of methoxy groups -OCH3 is 1. The lowest BCUT2D eigenvalue weighted by atomic mass is 10.2. The maximum absolute atomic E-state index is 8.83. The third kappa shape index (κ3) is 2.09. The van der Waals surface area contributed by atoms with Crippen molar-refractivity contribution in [1.82, 2.24) is 0 Å². The van der Waals surface area contributed by atoms with E-state index in [0.717, 1.165) is 10.6 Å². The molecule has 0 N–H and O–H groups in total. The first-order valence-electron chi connectivity index (χ1n) is 4.15. The highest BCUT2D eigenvalue weighted by Gasteiger charge is 2.11. The van der Waals surface area contributed by atoms with Crippen molar-refractivity contribution in [2.24, 2.45) is 0 Å². The molecule has 0 aromatic carbocycles. The van der Waals surface area contributed by atoms with Gasteiger partial charge in [0.25, 0.3) is 0 Å². The molecule has 0 atom stereocenters. The number of nitrogens with zero attached hydrogens (tertiary/aromatic N) is 1. The molecule has 1 heterocycles. The highest BCUT2D eigenvalue weighted by Crippen LogP contribution is 2.36. The normalized spacial score (nSPS) is 11.9. The number of hydrogen-bond donors (Lipinski definition) is 0. The standard InChI is InChI=1S/C10H10ClNOS/c1-3-7(6-12)9(11)10-8(13-2)4-5-14-10/h4-5H,3H2,1-2H3/b9-7-. The van der Waals surface area contributed by atoms with E-state index in [0.29, 0.717) is 17.0 Å². The molecule has 0 unspecified atom stereocenters. The molecule has 0 aliphatic rings. The summed E-state index contributed by atoms with van der Waals surface area (Å²) in [6.07, 6.45) is 0.635. The highest BCUT2D eigenvalue weighted by molar-refractivity contribution is 7.12. The summed E-state index contributed by atoms with van der Waals surface area (Å²) in [5.41, 5.74) is 0.590. The van der Waals surface area contributed by atoms with Gasteiger partial charge < -0.3 is 4.74 Å². The van der Waals surface area contributed by atoms with Crippen LogP contribution < -0.4 is 4.74 Å². The number of halogens is 1. The van der Waals surface area contributed by atoms with Crippen molar-refractivity contribution in [2.45, 2.75) is 13.3 Å². The van der Waals surface area contributed by atoms with Crippen molar-refractivity contribution in [3.8, 4) is 11.8 Å². The molecule has 0 fully saturated rings. The van der Waals surface area contributed by atoms with Gasteiger partial charge in [0, 0.05) is 5.57 Å². The second kappa shape index (κ2) is 5.04. The molecule has 0 aliphatic carbocycles. The van der Waals surface area contributed by atoms with E-state index in [1.165, 1.54) is 11.3 Å². The molecule has 1 rings (SSSR count). The minimum atomic E-state index is 0.502. The molecule has 1 aromatic rings. The summed E-state index contributed by atoms with van der Waals surface area (Å²) in [4.78, 5) is 0.826. The van der Waals surface area contributed by atoms with Crippen molar-refractivity contribution in [3.63, 3.8) is 0 Å². The van der Waals surface area contributed by atoms with Gasteiger partial charge in [-0.25, -0.2) is 0 Å². The monoisotopic (exact) mass is 227 g/mol. The number of thiophene rings is 1. The Hall–Kier alpha value is -0.980. The Morgan fingerprint density at radius 3 is 2.93 bits per heavy atom. The fraction of sp³-hybridized carbons (Fsp3) is 0.300. The fourth-order valence-corrected chi connectivity index (χ4v) is 2.26. The van der Waals surface area contributed by atoms with Crippen LogP contribution in [0.15, 0.2) is 17.0 Å². The number of rotatable bonds is 3. The molecule has 74 valence electrons. The second-order valence-electron chi connectivity index (χ2n) is 2.58. The van der Waals surface area contributed by atoms with Crippen LogP contribution in [-0.4, -0.2) is 7.11 Å². The first kappa shape index (κ1) is 11.1. The van der Waals surface area contributed by atoms with Gasteiger partial charge in [0.05, 0.1) is 23.1 Å². The molecule has 0 aliphatic heterocycles. The molecular formula is C10H10ClNOS. The predicted molar refractivity (Wildman–Crippen MR) is 59.5 cm³/mol. The Morgan fingerprint density at radius 2 is 2.43 bits per heavy atom. The molecule has 0 bridgehead atoms. The van der Waals surface area contributed by atoms with Gasteiger partial charge in [0.1, 0.15) is 5.75 Å². The summed E-state index contributed by atoms with van der Waals surface area (Å²) in [6, 6.07) is 3.93. The summed E-state index contributed by atoms with van der Waals surface area (Å²) >= 11 is 7.56.